The largest absolute Gasteiger partial charge is 0.416 e. The summed E-state index contributed by atoms with van der Waals surface area (Å²) in [5, 5.41) is 0. The highest BCUT2D eigenvalue weighted by atomic mass is 19.4. The molecule has 3 heterocycles. The molecular formula is C20H18F3N5O3. The summed E-state index contributed by atoms with van der Waals surface area (Å²) in [6.07, 6.45) is -4.46. The van der Waals surface area contributed by atoms with Gasteiger partial charge in [0.2, 0.25) is 5.78 Å². The first-order valence-corrected chi connectivity index (χ1v) is 9.30. The maximum absolute atomic E-state index is 13.1. The highest BCUT2D eigenvalue weighted by Gasteiger charge is 2.30. The molecule has 1 aromatic carbocycles. The number of rotatable bonds is 3. The van der Waals surface area contributed by atoms with Crippen LogP contribution in [-0.4, -0.2) is 28.9 Å². The monoisotopic (exact) mass is 433 g/mol. The van der Waals surface area contributed by atoms with E-state index in [0.29, 0.717) is 17.1 Å². The minimum atomic E-state index is -4.46. The summed E-state index contributed by atoms with van der Waals surface area (Å²) in [6, 6.07) is 4.58. The van der Waals surface area contributed by atoms with Gasteiger partial charge in [-0.05, 0) is 45.0 Å². The highest BCUT2D eigenvalue weighted by molar-refractivity contribution is 5.79. The normalized spacial score (nSPS) is 12.2. The van der Waals surface area contributed by atoms with E-state index >= 15 is 0 Å². The molecule has 0 fully saturated rings. The number of fused-ring (bicyclic) bond motifs is 3. The fourth-order valence-electron chi connectivity index (χ4n) is 3.72. The summed E-state index contributed by atoms with van der Waals surface area (Å²) in [5.74, 6) is -0.0769. The van der Waals surface area contributed by atoms with Gasteiger partial charge in [-0.25, -0.2) is 4.79 Å². The molecule has 0 atom stereocenters. The second-order valence-corrected chi connectivity index (χ2v) is 7.41. The number of Topliss-reactive ketones (excluding diaryl/α,β-unsaturated/α-hetero) is 1. The predicted molar refractivity (Wildman–Crippen MR) is 107 cm³/mol. The van der Waals surface area contributed by atoms with Crippen LogP contribution in [0.4, 0.5) is 13.2 Å². The van der Waals surface area contributed by atoms with Gasteiger partial charge in [-0.1, -0.05) is 0 Å². The molecule has 0 saturated heterocycles. The first-order valence-electron chi connectivity index (χ1n) is 9.30. The van der Waals surface area contributed by atoms with Crippen molar-refractivity contribution in [1.82, 2.24) is 23.1 Å². The van der Waals surface area contributed by atoms with E-state index in [0.717, 1.165) is 16.7 Å². The lowest BCUT2D eigenvalue weighted by molar-refractivity contribution is -0.137. The summed E-state index contributed by atoms with van der Waals surface area (Å²) in [6.45, 7) is 4.40. The van der Waals surface area contributed by atoms with E-state index in [9.17, 15) is 27.6 Å². The van der Waals surface area contributed by atoms with Crippen LogP contribution in [0.1, 0.15) is 23.9 Å². The van der Waals surface area contributed by atoms with Crippen LogP contribution in [0.3, 0.4) is 0 Å². The summed E-state index contributed by atoms with van der Waals surface area (Å²) >= 11 is 0. The number of halogens is 3. The van der Waals surface area contributed by atoms with Crippen LogP contribution < -0.4 is 11.2 Å². The van der Waals surface area contributed by atoms with Gasteiger partial charge in [0, 0.05) is 24.1 Å². The molecular weight excluding hydrogens is 415 g/mol. The second kappa shape index (κ2) is 6.69. The zero-order chi connectivity index (χ0) is 22.8. The van der Waals surface area contributed by atoms with Gasteiger partial charge in [0.15, 0.2) is 11.2 Å². The number of carbonyl (C=O) groups is 1. The molecule has 0 aliphatic carbocycles. The van der Waals surface area contributed by atoms with Gasteiger partial charge >= 0.3 is 11.9 Å². The van der Waals surface area contributed by atoms with Crippen molar-refractivity contribution in [2.24, 2.45) is 7.05 Å². The smallest absolute Gasteiger partial charge is 0.298 e. The van der Waals surface area contributed by atoms with E-state index in [-0.39, 0.29) is 29.3 Å². The number of aromatic nitrogens is 5. The molecule has 0 aliphatic heterocycles. The second-order valence-electron chi connectivity index (χ2n) is 7.41. The summed E-state index contributed by atoms with van der Waals surface area (Å²) in [5.41, 5.74) is -0.168. The number of imidazole rings is 2. The van der Waals surface area contributed by atoms with E-state index in [2.05, 4.69) is 4.98 Å². The average molecular weight is 433 g/mol. The van der Waals surface area contributed by atoms with Gasteiger partial charge in [0.25, 0.3) is 5.56 Å². The Morgan fingerprint density at radius 1 is 1.06 bits per heavy atom. The van der Waals surface area contributed by atoms with Crippen molar-refractivity contribution in [3.8, 4) is 5.69 Å². The van der Waals surface area contributed by atoms with Crippen LogP contribution in [0.25, 0.3) is 22.6 Å². The quantitative estimate of drug-likeness (QED) is 0.497. The topological polar surface area (TPSA) is 83.3 Å². The Morgan fingerprint density at radius 3 is 2.23 bits per heavy atom. The zero-order valence-electron chi connectivity index (χ0n) is 17.1. The van der Waals surface area contributed by atoms with Crippen molar-refractivity contribution in [2.75, 3.05) is 0 Å². The summed E-state index contributed by atoms with van der Waals surface area (Å²) < 4.78 is 44.0. The average Bonchev–Trinajstić information content (AvgIpc) is 3.19. The van der Waals surface area contributed by atoms with Crippen molar-refractivity contribution in [3.05, 3.63) is 62.1 Å². The van der Waals surface area contributed by atoms with Crippen LogP contribution in [-0.2, 0) is 24.6 Å². The number of hydrogen-bond donors (Lipinski definition) is 0. The Kier molecular flexibility index (Phi) is 4.45. The summed E-state index contributed by atoms with van der Waals surface area (Å²) in [7, 11) is 1.44. The molecule has 0 saturated carbocycles. The molecule has 0 bridgehead atoms. The molecule has 3 aromatic heterocycles. The van der Waals surface area contributed by atoms with E-state index in [1.807, 2.05) is 0 Å². The lowest BCUT2D eigenvalue weighted by atomic mass is 10.2. The minimum absolute atomic E-state index is 0.115. The van der Waals surface area contributed by atoms with Crippen LogP contribution in [0.5, 0.6) is 0 Å². The molecule has 0 aliphatic rings. The Bertz CT molecular complexity index is 1480. The zero-order valence-corrected chi connectivity index (χ0v) is 17.1. The molecule has 0 radical (unpaired) electrons. The number of nitrogens with zero attached hydrogens (tertiary/aromatic N) is 5. The van der Waals surface area contributed by atoms with Gasteiger partial charge in [-0.3, -0.25) is 27.7 Å². The fraction of sp³-hybridized carbons (Fsp3) is 0.300. The predicted octanol–water partition coefficient (Wildman–Crippen LogP) is 2.36. The molecule has 31 heavy (non-hydrogen) atoms. The first-order chi connectivity index (χ1) is 14.4. The highest BCUT2D eigenvalue weighted by Crippen LogP contribution is 2.31. The first kappa shape index (κ1) is 20.6. The number of alkyl halides is 3. The van der Waals surface area contributed by atoms with Crippen molar-refractivity contribution >= 4 is 22.7 Å². The molecule has 4 rings (SSSR count). The SMILES string of the molecule is CC(=O)Cn1c(=O)c2c(nc3n(-c4ccc(C(F)(F)F)cc4)c(C)c(C)n23)n(C)c1=O. The molecule has 0 amide bonds. The Morgan fingerprint density at radius 2 is 1.68 bits per heavy atom. The van der Waals surface area contributed by atoms with Crippen molar-refractivity contribution in [3.63, 3.8) is 0 Å². The molecule has 162 valence electrons. The Labute approximate surface area is 172 Å². The van der Waals surface area contributed by atoms with Crippen LogP contribution >= 0.6 is 0 Å². The van der Waals surface area contributed by atoms with Gasteiger partial charge in [0.1, 0.15) is 5.78 Å². The van der Waals surface area contributed by atoms with Crippen LogP contribution in [0.15, 0.2) is 33.9 Å². The van der Waals surface area contributed by atoms with E-state index in [1.165, 1.54) is 30.7 Å². The number of aryl methyl sites for hydroxylation is 2. The Hall–Kier alpha value is -3.63. The lowest BCUT2D eigenvalue weighted by Gasteiger charge is -2.10. The van der Waals surface area contributed by atoms with E-state index < -0.39 is 23.0 Å². The van der Waals surface area contributed by atoms with Crippen molar-refractivity contribution < 1.29 is 18.0 Å². The van der Waals surface area contributed by atoms with Crippen molar-refractivity contribution in [2.45, 2.75) is 33.5 Å². The lowest BCUT2D eigenvalue weighted by Crippen LogP contribution is -2.40. The number of hydrogen-bond acceptors (Lipinski definition) is 4. The van der Waals surface area contributed by atoms with Gasteiger partial charge < -0.3 is 0 Å². The molecule has 8 nitrogen and oxygen atoms in total. The molecule has 0 spiro atoms. The third kappa shape index (κ3) is 2.99. The fourth-order valence-corrected chi connectivity index (χ4v) is 3.72. The molecule has 0 N–H and O–H groups in total. The van der Waals surface area contributed by atoms with Crippen LogP contribution in [0.2, 0.25) is 0 Å². The van der Waals surface area contributed by atoms with Crippen molar-refractivity contribution in [1.29, 1.82) is 0 Å². The third-order valence-corrected chi connectivity index (χ3v) is 5.35. The standard InChI is InChI=1S/C20H18F3N5O3/c1-10(29)9-26-17(30)15-16(25(4)19(26)31)24-18-27(11(2)12(3)28(15)18)14-7-5-13(6-8-14)20(21,22)23/h5-8H,9H2,1-4H3. The molecule has 11 heteroatoms. The van der Waals surface area contributed by atoms with Gasteiger partial charge in [-0.2, -0.15) is 18.2 Å². The number of carbonyl (C=O) groups excluding carboxylic acids is 1. The van der Waals surface area contributed by atoms with E-state index in [1.54, 1.807) is 22.8 Å². The van der Waals surface area contributed by atoms with E-state index in [4.69, 9.17) is 0 Å². The summed E-state index contributed by atoms with van der Waals surface area (Å²) in [4.78, 5) is 41.7. The Balaban J connectivity index is 2.08. The van der Waals surface area contributed by atoms with Crippen LogP contribution in [0, 0.1) is 13.8 Å². The maximum atomic E-state index is 13.1. The number of benzene rings is 1. The minimum Gasteiger partial charge on any atom is -0.298 e. The van der Waals surface area contributed by atoms with Gasteiger partial charge in [-0.15, -0.1) is 0 Å². The van der Waals surface area contributed by atoms with Gasteiger partial charge in [0.05, 0.1) is 12.1 Å². The third-order valence-electron chi connectivity index (χ3n) is 5.35. The molecule has 0 unspecified atom stereocenters. The number of ketones is 1. The molecule has 4 aromatic rings. The maximum Gasteiger partial charge on any atom is 0.416 e.